The van der Waals surface area contributed by atoms with Gasteiger partial charge in [0.25, 0.3) is 0 Å². The van der Waals surface area contributed by atoms with Crippen molar-refractivity contribution < 1.29 is 4.74 Å². The summed E-state index contributed by atoms with van der Waals surface area (Å²) in [6, 6.07) is 14.1. The van der Waals surface area contributed by atoms with Gasteiger partial charge in [-0.25, -0.2) is 4.98 Å². The zero-order valence-electron chi connectivity index (χ0n) is 9.55. The maximum atomic E-state index is 5.49. The molecule has 1 aromatic carbocycles. The summed E-state index contributed by atoms with van der Waals surface area (Å²) in [5, 5.41) is 0. The number of pyridine rings is 1. The minimum atomic E-state index is 0.162. The van der Waals surface area contributed by atoms with E-state index in [9.17, 15) is 0 Å². The molecule has 0 bridgehead atoms. The smallest absolute Gasteiger partial charge is 0.213 e. The molecule has 0 aliphatic heterocycles. The minimum absolute atomic E-state index is 0.162. The topological polar surface area (TPSA) is 22.1 Å². The monoisotopic (exact) mass is 213 g/mol. The van der Waals surface area contributed by atoms with Crippen LogP contribution in [0.1, 0.15) is 13.8 Å². The lowest BCUT2D eigenvalue weighted by Crippen LogP contribution is -2.06. The fourth-order valence-electron chi connectivity index (χ4n) is 1.49. The number of hydrogen-bond acceptors (Lipinski definition) is 2. The highest BCUT2D eigenvalue weighted by molar-refractivity contribution is 5.62. The highest BCUT2D eigenvalue weighted by Crippen LogP contribution is 2.19. The fraction of sp³-hybridized carbons (Fsp3) is 0.214. The van der Waals surface area contributed by atoms with E-state index in [4.69, 9.17) is 4.74 Å². The van der Waals surface area contributed by atoms with Crippen LogP contribution in [0.2, 0.25) is 0 Å². The third-order valence-electron chi connectivity index (χ3n) is 2.20. The molecular formula is C14H15NO. The molecule has 0 N–H and O–H groups in total. The molecule has 2 nitrogen and oxygen atoms in total. The number of aromatic nitrogens is 1. The number of rotatable bonds is 3. The summed E-state index contributed by atoms with van der Waals surface area (Å²) in [6.07, 6.45) is 2.00. The molecule has 0 saturated heterocycles. The Morgan fingerprint density at radius 2 is 1.69 bits per heavy atom. The summed E-state index contributed by atoms with van der Waals surface area (Å²) in [7, 11) is 0. The van der Waals surface area contributed by atoms with Gasteiger partial charge in [0.05, 0.1) is 6.10 Å². The predicted molar refractivity (Wildman–Crippen MR) is 65.4 cm³/mol. The van der Waals surface area contributed by atoms with Crippen LogP contribution in [0.4, 0.5) is 0 Å². The number of benzene rings is 1. The molecule has 16 heavy (non-hydrogen) atoms. The van der Waals surface area contributed by atoms with E-state index < -0.39 is 0 Å². The fourth-order valence-corrected chi connectivity index (χ4v) is 1.49. The highest BCUT2D eigenvalue weighted by atomic mass is 16.5. The SMILES string of the molecule is CC(C)Oc1ccc(-c2ccccc2)cn1. The Kier molecular flexibility index (Phi) is 3.20. The van der Waals surface area contributed by atoms with Crippen LogP contribution in [0.15, 0.2) is 48.7 Å². The van der Waals surface area contributed by atoms with Crippen molar-refractivity contribution in [1.29, 1.82) is 0 Å². The number of ether oxygens (including phenoxy) is 1. The molecule has 2 heteroatoms. The van der Waals surface area contributed by atoms with Crippen molar-refractivity contribution in [3.63, 3.8) is 0 Å². The molecule has 0 spiro atoms. The van der Waals surface area contributed by atoms with Crippen LogP contribution >= 0.6 is 0 Å². The second-order valence-corrected chi connectivity index (χ2v) is 3.92. The largest absolute Gasteiger partial charge is 0.475 e. The summed E-state index contributed by atoms with van der Waals surface area (Å²) in [5.74, 6) is 0.676. The average molecular weight is 213 g/mol. The van der Waals surface area contributed by atoms with Crippen molar-refractivity contribution in [2.75, 3.05) is 0 Å². The quantitative estimate of drug-likeness (QED) is 0.778. The molecular weight excluding hydrogens is 198 g/mol. The lowest BCUT2D eigenvalue weighted by Gasteiger charge is -2.08. The Hall–Kier alpha value is -1.83. The lowest BCUT2D eigenvalue weighted by molar-refractivity contribution is 0.232. The molecule has 0 radical (unpaired) electrons. The summed E-state index contributed by atoms with van der Waals surface area (Å²) in [4.78, 5) is 4.27. The standard InChI is InChI=1S/C14H15NO/c1-11(2)16-14-9-8-13(10-15-14)12-6-4-3-5-7-12/h3-11H,1-2H3. The van der Waals surface area contributed by atoms with Crippen molar-refractivity contribution in [3.8, 4) is 17.0 Å². The van der Waals surface area contributed by atoms with Gasteiger partial charge < -0.3 is 4.74 Å². The Morgan fingerprint density at radius 3 is 2.25 bits per heavy atom. The Bertz CT molecular complexity index is 434. The predicted octanol–water partition coefficient (Wildman–Crippen LogP) is 3.54. The molecule has 0 atom stereocenters. The van der Waals surface area contributed by atoms with Crippen molar-refractivity contribution in [3.05, 3.63) is 48.7 Å². The van der Waals surface area contributed by atoms with Crippen molar-refractivity contribution in [2.45, 2.75) is 20.0 Å². The van der Waals surface area contributed by atoms with Crippen LogP contribution in [-0.4, -0.2) is 11.1 Å². The van der Waals surface area contributed by atoms with Gasteiger partial charge >= 0.3 is 0 Å². The maximum Gasteiger partial charge on any atom is 0.213 e. The molecule has 82 valence electrons. The van der Waals surface area contributed by atoms with Gasteiger partial charge in [0.2, 0.25) is 5.88 Å². The second-order valence-electron chi connectivity index (χ2n) is 3.92. The summed E-state index contributed by atoms with van der Waals surface area (Å²) < 4.78 is 5.49. The van der Waals surface area contributed by atoms with Gasteiger partial charge in [0.15, 0.2) is 0 Å². The van der Waals surface area contributed by atoms with Crippen LogP contribution in [0.25, 0.3) is 11.1 Å². The molecule has 0 aliphatic rings. The Labute approximate surface area is 95.9 Å². The van der Waals surface area contributed by atoms with Crippen LogP contribution in [0.3, 0.4) is 0 Å². The second kappa shape index (κ2) is 4.79. The van der Waals surface area contributed by atoms with Gasteiger partial charge in [-0.1, -0.05) is 30.3 Å². The first-order valence-corrected chi connectivity index (χ1v) is 5.44. The number of hydrogen-bond donors (Lipinski definition) is 0. The van der Waals surface area contributed by atoms with E-state index in [0.29, 0.717) is 5.88 Å². The molecule has 2 rings (SSSR count). The van der Waals surface area contributed by atoms with Gasteiger partial charge in [-0.05, 0) is 25.5 Å². The van der Waals surface area contributed by atoms with Gasteiger partial charge in [0.1, 0.15) is 0 Å². The summed E-state index contributed by atoms with van der Waals surface area (Å²) in [6.45, 7) is 3.99. The molecule has 1 heterocycles. The highest BCUT2D eigenvalue weighted by Gasteiger charge is 2.00. The zero-order valence-corrected chi connectivity index (χ0v) is 9.55. The van der Waals surface area contributed by atoms with E-state index in [1.807, 2.05) is 50.4 Å². The number of nitrogens with zero attached hydrogens (tertiary/aromatic N) is 1. The van der Waals surface area contributed by atoms with Crippen LogP contribution in [0.5, 0.6) is 5.88 Å². The zero-order chi connectivity index (χ0) is 11.4. The van der Waals surface area contributed by atoms with Crippen LogP contribution < -0.4 is 4.74 Å². The first-order chi connectivity index (χ1) is 7.75. The lowest BCUT2D eigenvalue weighted by atomic mass is 10.1. The maximum absolute atomic E-state index is 5.49. The molecule has 0 fully saturated rings. The normalized spacial score (nSPS) is 10.4. The van der Waals surface area contributed by atoms with Crippen LogP contribution in [0, 0.1) is 0 Å². The van der Waals surface area contributed by atoms with Gasteiger partial charge in [-0.3, -0.25) is 0 Å². The summed E-state index contributed by atoms with van der Waals surface area (Å²) in [5.41, 5.74) is 2.28. The first kappa shape index (κ1) is 10.7. The van der Waals surface area contributed by atoms with Gasteiger partial charge in [0, 0.05) is 17.8 Å². The van der Waals surface area contributed by atoms with Crippen LogP contribution in [-0.2, 0) is 0 Å². The molecule has 0 aliphatic carbocycles. The summed E-state index contributed by atoms with van der Waals surface area (Å²) >= 11 is 0. The van der Waals surface area contributed by atoms with E-state index in [-0.39, 0.29) is 6.10 Å². The van der Waals surface area contributed by atoms with Gasteiger partial charge in [-0.2, -0.15) is 0 Å². The molecule has 1 aromatic heterocycles. The van der Waals surface area contributed by atoms with Crippen molar-refractivity contribution in [1.82, 2.24) is 4.98 Å². The van der Waals surface area contributed by atoms with E-state index >= 15 is 0 Å². The third-order valence-corrected chi connectivity index (χ3v) is 2.20. The Morgan fingerprint density at radius 1 is 0.938 bits per heavy atom. The first-order valence-electron chi connectivity index (χ1n) is 5.44. The third kappa shape index (κ3) is 2.60. The molecule has 0 saturated carbocycles. The minimum Gasteiger partial charge on any atom is -0.475 e. The Balaban J connectivity index is 2.20. The molecule has 2 aromatic rings. The van der Waals surface area contributed by atoms with E-state index in [1.165, 1.54) is 5.56 Å². The van der Waals surface area contributed by atoms with E-state index in [1.54, 1.807) is 0 Å². The van der Waals surface area contributed by atoms with E-state index in [2.05, 4.69) is 17.1 Å². The average Bonchev–Trinajstić information content (AvgIpc) is 2.30. The van der Waals surface area contributed by atoms with Crippen molar-refractivity contribution >= 4 is 0 Å². The van der Waals surface area contributed by atoms with E-state index in [0.717, 1.165) is 5.56 Å². The van der Waals surface area contributed by atoms with Crippen molar-refractivity contribution in [2.24, 2.45) is 0 Å². The van der Waals surface area contributed by atoms with Gasteiger partial charge in [-0.15, -0.1) is 0 Å². The molecule has 0 amide bonds. The molecule has 0 unspecified atom stereocenters.